The second-order valence-electron chi connectivity index (χ2n) is 10.3. The fourth-order valence-corrected chi connectivity index (χ4v) is 5.26. The predicted octanol–water partition coefficient (Wildman–Crippen LogP) is 4.13. The molecule has 43 heavy (non-hydrogen) atoms. The van der Waals surface area contributed by atoms with Crippen LogP contribution >= 0.6 is 0 Å². The Bertz CT molecular complexity index is 1480. The summed E-state index contributed by atoms with van der Waals surface area (Å²) in [6.45, 7) is 3.11. The first-order valence-corrected chi connectivity index (χ1v) is 14.1. The maximum absolute atomic E-state index is 14.0. The first kappa shape index (κ1) is 30.1. The van der Waals surface area contributed by atoms with Gasteiger partial charge in [-0.05, 0) is 48.0 Å². The molecule has 3 aromatic rings. The van der Waals surface area contributed by atoms with Crippen LogP contribution in [0.25, 0.3) is 0 Å². The molecule has 226 valence electrons. The minimum atomic E-state index is -0.541. The van der Waals surface area contributed by atoms with Gasteiger partial charge in [0.15, 0.2) is 0 Å². The van der Waals surface area contributed by atoms with Crippen molar-refractivity contribution in [3.8, 4) is 11.5 Å². The number of carbonyl (C=O) groups excluding carboxylic acids is 2. The number of hydrazone groups is 1. The first-order chi connectivity index (χ1) is 20.9. The van der Waals surface area contributed by atoms with Crippen LogP contribution in [0.3, 0.4) is 0 Å². The van der Waals surface area contributed by atoms with Crippen molar-refractivity contribution in [3.63, 3.8) is 0 Å². The zero-order valence-corrected chi connectivity index (χ0v) is 24.2. The number of methoxy groups -OCH3 is 2. The summed E-state index contributed by atoms with van der Waals surface area (Å²) >= 11 is 0. The molecule has 0 radical (unpaired) electrons. The van der Waals surface area contributed by atoms with E-state index in [1.54, 1.807) is 38.5 Å². The molecule has 1 saturated heterocycles. The minimum absolute atomic E-state index is 0.151. The number of hydrogen-bond donors (Lipinski definition) is 0. The third kappa shape index (κ3) is 7.18. The van der Waals surface area contributed by atoms with Crippen LogP contribution in [0.2, 0.25) is 0 Å². The van der Waals surface area contributed by atoms with Crippen LogP contribution in [0, 0.1) is 11.6 Å². The average molecular weight is 593 g/mol. The van der Waals surface area contributed by atoms with Gasteiger partial charge in [-0.15, -0.1) is 0 Å². The number of nitrogens with zero attached hydrogens (tertiary/aromatic N) is 4. The van der Waals surface area contributed by atoms with E-state index in [1.807, 2.05) is 6.07 Å². The standard InChI is InChI=1S/C32H34F2N4O5/c1-41-26-10-11-27(30(19-26)42-2)28-20-29(22-6-8-24(33)9-7-22)38(35-28)31(39)21-37(13-12-36-14-16-43-17-15-36)32(40)23-4-3-5-25(34)18-23/h3-11,18-19,29H,12-17,20-21H2,1-2H3. The molecule has 9 nitrogen and oxygen atoms in total. The summed E-state index contributed by atoms with van der Waals surface area (Å²) in [6.07, 6.45) is 0.339. The normalized spacial score (nSPS) is 17.0. The number of carbonyl (C=O) groups is 2. The van der Waals surface area contributed by atoms with Crippen LogP contribution in [0.1, 0.15) is 33.9 Å². The summed E-state index contributed by atoms with van der Waals surface area (Å²) < 4.78 is 44.2. The molecular weight excluding hydrogens is 558 g/mol. The van der Waals surface area contributed by atoms with E-state index in [2.05, 4.69) is 4.90 Å². The highest BCUT2D eigenvalue weighted by atomic mass is 19.1. The molecule has 1 unspecified atom stereocenters. The number of benzene rings is 3. The summed E-state index contributed by atoms with van der Waals surface area (Å²) in [5, 5.41) is 6.07. The van der Waals surface area contributed by atoms with Crippen molar-refractivity contribution < 1.29 is 32.6 Å². The predicted molar refractivity (Wildman–Crippen MR) is 156 cm³/mol. The lowest BCUT2D eigenvalue weighted by molar-refractivity contribution is -0.133. The Balaban J connectivity index is 1.45. The zero-order valence-electron chi connectivity index (χ0n) is 24.2. The topological polar surface area (TPSA) is 83.9 Å². The van der Waals surface area contributed by atoms with Crippen molar-refractivity contribution in [2.45, 2.75) is 12.5 Å². The molecule has 0 N–H and O–H groups in total. The Morgan fingerprint density at radius 1 is 0.977 bits per heavy atom. The molecule has 2 amide bonds. The number of halogens is 2. The van der Waals surface area contributed by atoms with Crippen LogP contribution in [0.5, 0.6) is 11.5 Å². The van der Waals surface area contributed by atoms with E-state index in [1.165, 1.54) is 40.2 Å². The van der Waals surface area contributed by atoms with Crippen LogP contribution in [-0.2, 0) is 9.53 Å². The lowest BCUT2D eigenvalue weighted by atomic mass is 9.97. The number of amides is 2. The Hall–Kier alpha value is -4.35. The van der Waals surface area contributed by atoms with E-state index < -0.39 is 29.5 Å². The molecule has 1 atom stereocenters. The van der Waals surface area contributed by atoms with Crippen LogP contribution in [0.15, 0.2) is 71.8 Å². The molecule has 0 aliphatic carbocycles. The van der Waals surface area contributed by atoms with Gasteiger partial charge in [-0.2, -0.15) is 5.10 Å². The molecule has 2 heterocycles. The van der Waals surface area contributed by atoms with Crippen molar-refractivity contribution >= 4 is 17.5 Å². The Labute approximate surface area is 249 Å². The van der Waals surface area contributed by atoms with Gasteiger partial charge in [0.2, 0.25) is 0 Å². The fourth-order valence-electron chi connectivity index (χ4n) is 5.26. The van der Waals surface area contributed by atoms with Gasteiger partial charge in [-0.3, -0.25) is 14.5 Å². The van der Waals surface area contributed by atoms with Gasteiger partial charge in [-0.25, -0.2) is 13.8 Å². The average Bonchev–Trinajstić information content (AvgIpc) is 3.48. The molecule has 2 aliphatic rings. The lowest BCUT2D eigenvalue weighted by Crippen LogP contribution is -2.46. The molecule has 1 fully saturated rings. The Kier molecular flexibility index (Phi) is 9.63. The highest BCUT2D eigenvalue weighted by molar-refractivity contribution is 6.05. The highest BCUT2D eigenvalue weighted by Crippen LogP contribution is 2.36. The van der Waals surface area contributed by atoms with E-state index in [0.717, 1.165) is 6.07 Å². The van der Waals surface area contributed by atoms with Gasteiger partial charge in [0.05, 0.1) is 39.2 Å². The molecule has 2 aliphatic heterocycles. The Morgan fingerprint density at radius 2 is 1.74 bits per heavy atom. The molecule has 0 bridgehead atoms. The summed E-state index contributed by atoms with van der Waals surface area (Å²) in [7, 11) is 3.10. The molecule has 5 rings (SSSR count). The second kappa shape index (κ2) is 13.7. The van der Waals surface area contributed by atoms with Crippen molar-refractivity contribution in [1.82, 2.24) is 14.8 Å². The largest absolute Gasteiger partial charge is 0.497 e. The van der Waals surface area contributed by atoms with Crippen LogP contribution < -0.4 is 9.47 Å². The fraction of sp³-hybridized carbons (Fsp3) is 0.344. The lowest BCUT2D eigenvalue weighted by Gasteiger charge is -2.31. The maximum Gasteiger partial charge on any atom is 0.262 e. The van der Waals surface area contributed by atoms with E-state index in [0.29, 0.717) is 67.6 Å². The maximum atomic E-state index is 14.0. The molecule has 3 aromatic carbocycles. The van der Waals surface area contributed by atoms with Gasteiger partial charge in [-0.1, -0.05) is 18.2 Å². The minimum Gasteiger partial charge on any atom is -0.497 e. The number of rotatable bonds is 10. The van der Waals surface area contributed by atoms with Crippen molar-refractivity contribution in [2.75, 3.05) is 60.2 Å². The van der Waals surface area contributed by atoms with Crippen LogP contribution in [0.4, 0.5) is 8.78 Å². The summed E-state index contributed by atoms with van der Waals surface area (Å²) in [6, 6.07) is 16.1. The van der Waals surface area contributed by atoms with Gasteiger partial charge in [0.25, 0.3) is 11.8 Å². The number of ether oxygens (including phenoxy) is 3. The number of morpholine rings is 1. The molecule has 0 aromatic heterocycles. The highest BCUT2D eigenvalue weighted by Gasteiger charge is 2.35. The third-order valence-corrected chi connectivity index (χ3v) is 7.62. The monoisotopic (exact) mass is 592 g/mol. The van der Waals surface area contributed by atoms with E-state index in [-0.39, 0.29) is 18.7 Å². The van der Waals surface area contributed by atoms with E-state index in [9.17, 15) is 18.4 Å². The van der Waals surface area contributed by atoms with Crippen molar-refractivity contribution in [3.05, 3.63) is 95.1 Å². The molecular formula is C32H34F2N4O5. The zero-order chi connectivity index (χ0) is 30.3. The molecule has 0 saturated carbocycles. The van der Waals surface area contributed by atoms with Gasteiger partial charge < -0.3 is 19.1 Å². The number of hydrogen-bond acceptors (Lipinski definition) is 7. The summed E-state index contributed by atoms with van der Waals surface area (Å²) in [4.78, 5) is 31.1. The third-order valence-electron chi connectivity index (χ3n) is 7.62. The summed E-state index contributed by atoms with van der Waals surface area (Å²) in [5.74, 6) is -0.688. The molecule has 0 spiro atoms. The SMILES string of the molecule is COc1ccc(C2=NN(C(=O)CN(CCN3CCOCC3)C(=O)c3cccc(F)c3)C(c3ccc(F)cc3)C2)c(OC)c1. The van der Waals surface area contributed by atoms with E-state index in [4.69, 9.17) is 19.3 Å². The molecule has 11 heteroatoms. The van der Waals surface area contributed by atoms with Gasteiger partial charge >= 0.3 is 0 Å². The summed E-state index contributed by atoms with van der Waals surface area (Å²) in [5.41, 5.74) is 2.12. The first-order valence-electron chi connectivity index (χ1n) is 14.1. The van der Waals surface area contributed by atoms with Crippen molar-refractivity contribution in [2.24, 2.45) is 5.10 Å². The second-order valence-corrected chi connectivity index (χ2v) is 10.3. The Morgan fingerprint density at radius 3 is 2.44 bits per heavy atom. The van der Waals surface area contributed by atoms with Crippen molar-refractivity contribution in [1.29, 1.82) is 0 Å². The van der Waals surface area contributed by atoms with Gasteiger partial charge in [0.1, 0.15) is 29.7 Å². The quantitative estimate of drug-likeness (QED) is 0.352. The van der Waals surface area contributed by atoms with E-state index >= 15 is 0 Å². The smallest absolute Gasteiger partial charge is 0.262 e. The van der Waals surface area contributed by atoms with Crippen LogP contribution in [-0.4, -0.2) is 92.5 Å². The van der Waals surface area contributed by atoms with Gasteiger partial charge in [0, 0.05) is 49.8 Å².